The summed E-state index contributed by atoms with van der Waals surface area (Å²) in [5, 5.41) is 0. The van der Waals surface area contributed by atoms with E-state index in [2.05, 4.69) is 5.92 Å². The Morgan fingerprint density at radius 2 is 2.14 bits per heavy atom. The van der Waals surface area contributed by atoms with Gasteiger partial charge in [0.2, 0.25) is 0 Å². The molecule has 0 aromatic heterocycles. The third kappa shape index (κ3) is 2.63. The van der Waals surface area contributed by atoms with E-state index in [0.717, 1.165) is 17.6 Å². The van der Waals surface area contributed by atoms with E-state index in [9.17, 15) is 4.79 Å². The van der Waals surface area contributed by atoms with Gasteiger partial charge < -0.3 is 9.53 Å². The Kier molecular flexibility index (Phi) is 3.75. The van der Waals surface area contributed by atoms with Crippen molar-refractivity contribution in [2.45, 2.75) is 12.8 Å². The van der Waals surface area contributed by atoms with Crippen LogP contribution < -0.4 is 4.74 Å². The van der Waals surface area contributed by atoms with Gasteiger partial charge in [0.05, 0.1) is 0 Å². The average Bonchev–Trinajstić information content (AvgIpc) is 2.26. The molecule has 2 nitrogen and oxygen atoms in total. The summed E-state index contributed by atoms with van der Waals surface area (Å²) in [6.45, 7) is 2.12. The summed E-state index contributed by atoms with van der Waals surface area (Å²) < 4.78 is 5.20. The van der Waals surface area contributed by atoms with E-state index in [1.165, 1.54) is 0 Å². The van der Waals surface area contributed by atoms with Crippen molar-refractivity contribution in [2.24, 2.45) is 0 Å². The van der Waals surface area contributed by atoms with Crippen LogP contribution in [0.3, 0.4) is 0 Å². The molecule has 0 saturated carbocycles. The molecule has 0 N–H and O–H groups in total. The fourth-order valence-corrected chi connectivity index (χ4v) is 1.07. The number of hydrogen-bond acceptors (Lipinski definition) is 2. The lowest BCUT2D eigenvalue weighted by atomic mass is 10.0. The minimum absolute atomic E-state index is 0.0725. The Balaban J connectivity index is 2.69. The zero-order valence-electron chi connectivity index (χ0n) is 8.07. The van der Waals surface area contributed by atoms with E-state index < -0.39 is 0 Å². The van der Waals surface area contributed by atoms with E-state index >= 15 is 0 Å². The highest BCUT2D eigenvalue weighted by Crippen LogP contribution is 2.17. The van der Waals surface area contributed by atoms with Crippen LogP contribution in [-0.2, 0) is 4.79 Å². The molecule has 14 heavy (non-hydrogen) atoms. The highest BCUT2D eigenvalue weighted by Gasteiger charge is 2.02. The topological polar surface area (TPSA) is 26.3 Å². The van der Waals surface area contributed by atoms with Gasteiger partial charge in [-0.25, -0.2) is 0 Å². The van der Waals surface area contributed by atoms with Crippen molar-refractivity contribution in [1.82, 2.24) is 0 Å². The number of carbonyl (C=O) groups excluding carboxylic acids is 1. The van der Waals surface area contributed by atoms with Crippen LogP contribution in [0.5, 0.6) is 5.75 Å². The third-order valence-corrected chi connectivity index (χ3v) is 1.93. The number of benzene rings is 1. The summed E-state index contributed by atoms with van der Waals surface area (Å²) in [6.07, 6.45) is 5.97. The van der Waals surface area contributed by atoms with Crippen LogP contribution in [0.4, 0.5) is 0 Å². The largest absolute Gasteiger partial charge is 0.481 e. The Morgan fingerprint density at radius 3 is 2.64 bits per heavy atom. The maximum Gasteiger partial charge on any atom is 0.148 e. The molecule has 2 heteroatoms. The van der Waals surface area contributed by atoms with Crippen molar-refractivity contribution < 1.29 is 9.53 Å². The summed E-state index contributed by atoms with van der Waals surface area (Å²) in [5.74, 6) is 3.04. The van der Waals surface area contributed by atoms with Gasteiger partial charge in [0.1, 0.15) is 18.6 Å². The van der Waals surface area contributed by atoms with Crippen LogP contribution >= 0.6 is 0 Å². The lowest BCUT2D eigenvalue weighted by molar-refractivity contribution is -0.108. The molecule has 0 bridgehead atoms. The zero-order valence-corrected chi connectivity index (χ0v) is 8.07. The minimum Gasteiger partial charge on any atom is -0.481 e. The SMILES string of the molecule is C#CCOc1ccc(C(C)C=O)cc1. The summed E-state index contributed by atoms with van der Waals surface area (Å²) >= 11 is 0. The number of hydrogen-bond donors (Lipinski definition) is 0. The Bertz CT molecular complexity index is 332. The molecule has 1 unspecified atom stereocenters. The van der Waals surface area contributed by atoms with Crippen LogP contribution in [-0.4, -0.2) is 12.9 Å². The van der Waals surface area contributed by atoms with Crippen molar-refractivity contribution in [1.29, 1.82) is 0 Å². The lowest BCUT2D eigenvalue weighted by Gasteiger charge is -2.05. The fourth-order valence-electron chi connectivity index (χ4n) is 1.07. The second-order valence-corrected chi connectivity index (χ2v) is 2.99. The highest BCUT2D eigenvalue weighted by molar-refractivity contribution is 5.61. The molecule has 0 aliphatic heterocycles. The lowest BCUT2D eigenvalue weighted by Crippen LogP contribution is -1.96. The molecule has 1 rings (SSSR count). The molecular formula is C12H12O2. The van der Waals surface area contributed by atoms with E-state index in [1.54, 1.807) is 0 Å². The van der Waals surface area contributed by atoms with Gasteiger partial charge in [0.25, 0.3) is 0 Å². The highest BCUT2D eigenvalue weighted by atomic mass is 16.5. The number of rotatable bonds is 4. The van der Waals surface area contributed by atoms with Gasteiger partial charge in [-0.3, -0.25) is 0 Å². The van der Waals surface area contributed by atoms with Crippen molar-refractivity contribution in [2.75, 3.05) is 6.61 Å². The van der Waals surface area contributed by atoms with Crippen LogP contribution in [0.25, 0.3) is 0 Å². The summed E-state index contributed by atoms with van der Waals surface area (Å²) in [4.78, 5) is 10.5. The predicted molar refractivity (Wildman–Crippen MR) is 55.2 cm³/mol. The minimum atomic E-state index is -0.0725. The molecule has 1 atom stereocenters. The molecule has 0 heterocycles. The maximum absolute atomic E-state index is 10.5. The van der Waals surface area contributed by atoms with E-state index in [1.807, 2.05) is 31.2 Å². The Labute approximate surface area is 83.9 Å². The normalized spacial score (nSPS) is 11.4. The molecule has 0 aliphatic carbocycles. The quantitative estimate of drug-likeness (QED) is 0.533. The Morgan fingerprint density at radius 1 is 1.50 bits per heavy atom. The van der Waals surface area contributed by atoms with Crippen LogP contribution in [0.2, 0.25) is 0 Å². The monoisotopic (exact) mass is 188 g/mol. The van der Waals surface area contributed by atoms with Gasteiger partial charge in [0, 0.05) is 5.92 Å². The average molecular weight is 188 g/mol. The van der Waals surface area contributed by atoms with Gasteiger partial charge in [-0.2, -0.15) is 0 Å². The second-order valence-electron chi connectivity index (χ2n) is 2.99. The van der Waals surface area contributed by atoms with Gasteiger partial charge in [-0.15, -0.1) is 6.42 Å². The van der Waals surface area contributed by atoms with Gasteiger partial charge >= 0.3 is 0 Å². The fraction of sp³-hybridized carbons (Fsp3) is 0.250. The molecular weight excluding hydrogens is 176 g/mol. The van der Waals surface area contributed by atoms with Crippen molar-refractivity contribution in [3.8, 4) is 18.1 Å². The molecule has 0 amide bonds. The van der Waals surface area contributed by atoms with E-state index in [-0.39, 0.29) is 12.5 Å². The molecule has 0 fully saturated rings. The number of terminal acetylenes is 1. The van der Waals surface area contributed by atoms with Crippen molar-refractivity contribution in [3.05, 3.63) is 29.8 Å². The second kappa shape index (κ2) is 5.08. The molecule has 0 aliphatic rings. The number of carbonyl (C=O) groups is 1. The molecule has 0 spiro atoms. The summed E-state index contributed by atoms with van der Waals surface area (Å²) in [6, 6.07) is 7.36. The van der Waals surface area contributed by atoms with Gasteiger partial charge in [-0.1, -0.05) is 25.0 Å². The van der Waals surface area contributed by atoms with Crippen LogP contribution in [0.1, 0.15) is 18.4 Å². The predicted octanol–water partition coefficient (Wildman–Crippen LogP) is 2.00. The molecule has 0 saturated heterocycles. The third-order valence-electron chi connectivity index (χ3n) is 1.93. The van der Waals surface area contributed by atoms with Gasteiger partial charge in [-0.05, 0) is 17.7 Å². The van der Waals surface area contributed by atoms with E-state index in [4.69, 9.17) is 11.2 Å². The molecule has 72 valence electrons. The number of ether oxygens (including phenoxy) is 1. The smallest absolute Gasteiger partial charge is 0.148 e. The van der Waals surface area contributed by atoms with Gasteiger partial charge in [0.15, 0.2) is 0 Å². The number of aldehydes is 1. The first-order valence-electron chi connectivity index (χ1n) is 4.39. The first-order valence-corrected chi connectivity index (χ1v) is 4.39. The molecule has 0 radical (unpaired) electrons. The molecule has 1 aromatic carbocycles. The summed E-state index contributed by atoms with van der Waals surface area (Å²) in [5.41, 5.74) is 0.980. The Hall–Kier alpha value is -1.75. The molecule has 1 aromatic rings. The van der Waals surface area contributed by atoms with E-state index in [0.29, 0.717) is 0 Å². The summed E-state index contributed by atoms with van der Waals surface area (Å²) in [7, 11) is 0. The van der Waals surface area contributed by atoms with Crippen molar-refractivity contribution in [3.63, 3.8) is 0 Å². The standard InChI is InChI=1S/C12H12O2/c1-3-8-14-12-6-4-11(5-7-12)10(2)9-13/h1,4-7,9-10H,8H2,2H3. The maximum atomic E-state index is 10.5. The van der Waals surface area contributed by atoms with Crippen LogP contribution in [0.15, 0.2) is 24.3 Å². The van der Waals surface area contributed by atoms with Crippen molar-refractivity contribution >= 4 is 6.29 Å². The first-order chi connectivity index (χ1) is 6.77. The van der Waals surface area contributed by atoms with Crippen LogP contribution in [0, 0.1) is 12.3 Å². The first kappa shape index (κ1) is 10.3. The zero-order chi connectivity index (χ0) is 10.4.